The van der Waals surface area contributed by atoms with Crippen LogP contribution in [0.2, 0.25) is 0 Å². The van der Waals surface area contributed by atoms with E-state index in [-0.39, 0.29) is 41.8 Å². The van der Waals surface area contributed by atoms with Gasteiger partial charge in [0.15, 0.2) is 5.96 Å². The predicted molar refractivity (Wildman–Crippen MR) is 121 cm³/mol. The van der Waals surface area contributed by atoms with E-state index in [9.17, 15) is 8.42 Å². The largest absolute Gasteiger partial charge is 0.379 e. The zero-order valence-electron chi connectivity index (χ0n) is 16.1. The smallest absolute Gasteiger partial charge is 0.198 e. The van der Waals surface area contributed by atoms with E-state index >= 15 is 0 Å². The molecular weight excluding hydrogens is 477 g/mol. The van der Waals surface area contributed by atoms with Crippen LogP contribution in [0.4, 0.5) is 5.69 Å². The molecule has 0 saturated heterocycles. The SMILES string of the molecule is CN=C(NCCOCCS(C)(=O)=O)N1CC2(CCCC2)c2ccccc21.I. The third-order valence-corrected chi connectivity index (χ3v) is 6.29. The van der Waals surface area contributed by atoms with Gasteiger partial charge in [0.25, 0.3) is 0 Å². The Morgan fingerprint density at radius 1 is 1.26 bits per heavy atom. The van der Waals surface area contributed by atoms with Crippen molar-refractivity contribution in [1.29, 1.82) is 0 Å². The minimum Gasteiger partial charge on any atom is -0.379 e. The zero-order valence-corrected chi connectivity index (χ0v) is 19.3. The van der Waals surface area contributed by atoms with Gasteiger partial charge in [-0.3, -0.25) is 4.99 Å². The van der Waals surface area contributed by atoms with E-state index in [4.69, 9.17) is 4.74 Å². The van der Waals surface area contributed by atoms with Gasteiger partial charge in [0.05, 0.1) is 19.0 Å². The second kappa shape index (κ2) is 9.56. The van der Waals surface area contributed by atoms with Gasteiger partial charge in [-0.05, 0) is 24.5 Å². The van der Waals surface area contributed by atoms with Gasteiger partial charge in [-0.1, -0.05) is 31.0 Å². The third-order valence-electron chi connectivity index (χ3n) is 5.38. The van der Waals surface area contributed by atoms with Crippen LogP contribution in [0.25, 0.3) is 0 Å². The molecule has 0 aromatic heterocycles. The van der Waals surface area contributed by atoms with Crippen LogP contribution in [0, 0.1) is 0 Å². The number of sulfone groups is 1. The van der Waals surface area contributed by atoms with Gasteiger partial charge in [0.2, 0.25) is 0 Å². The maximum absolute atomic E-state index is 11.1. The highest BCUT2D eigenvalue weighted by molar-refractivity contribution is 14.0. The average molecular weight is 507 g/mol. The molecule has 0 unspecified atom stereocenters. The van der Waals surface area contributed by atoms with Crippen LogP contribution in [0.5, 0.6) is 0 Å². The second-order valence-corrected chi connectivity index (χ2v) is 9.57. The Labute approximate surface area is 179 Å². The number of aliphatic imine (C=N–C) groups is 1. The molecule has 1 fully saturated rings. The molecule has 1 aliphatic heterocycles. The van der Waals surface area contributed by atoms with Crippen LogP contribution in [0.3, 0.4) is 0 Å². The molecule has 1 N–H and O–H groups in total. The van der Waals surface area contributed by atoms with Crippen molar-refractivity contribution in [3.63, 3.8) is 0 Å². The number of para-hydroxylation sites is 1. The Hall–Kier alpha value is -0.870. The molecule has 6 nitrogen and oxygen atoms in total. The molecule has 1 heterocycles. The summed E-state index contributed by atoms with van der Waals surface area (Å²) in [5, 5.41) is 3.36. The molecule has 1 spiro atoms. The van der Waals surface area contributed by atoms with Crippen molar-refractivity contribution in [2.45, 2.75) is 31.1 Å². The number of nitrogens with zero attached hydrogens (tertiary/aromatic N) is 2. The molecule has 0 bridgehead atoms. The van der Waals surface area contributed by atoms with Crippen molar-refractivity contribution in [3.05, 3.63) is 29.8 Å². The quantitative estimate of drug-likeness (QED) is 0.278. The van der Waals surface area contributed by atoms with Gasteiger partial charge in [-0.2, -0.15) is 0 Å². The van der Waals surface area contributed by atoms with E-state index in [0.717, 1.165) is 12.5 Å². The van der Waals surface area contributed by atoms with Gasteiger partial charge >= 0.3 is 0 Å². The third kappa shape index (κ3) is 5.35. The summed E-state index contributed by atoms with van der Waals surface area (Å²) in [4.78, 5) is 6.75. The van der Waals surface area contributed by atoms with Crippen molar-refractivity contribution >= 4 is 45.5 Å². The molecular formula is C19H30IN3O3S. The lowest BCUT2D eigenvalue weighted by Gasteiger charge is -2.26. The van der Waals surface area contributed by atoms with Crippen molar-refractivity contribution in [1.82, 2.24) is 5.32 Å². The number of halogens is 1. The highest BCUT2D eigenvalue weighted by atomic mass is 127. The summed E-state index contributed by atoms with van der Waals surface area (Å²) in [6, 6.07) is 8.66. The molecule has 1 saturated carbocycles. The Balaban J connectivity index is 0.00000261. The van der Waals surface area contributed by atoms with Crippen molar-refractivity contribution in [2.75, 3.05) is 50.3 Å². The number of hydrogen-bond acceptors (Lipinski definition) is 4. The number of fused-ring (bicyclic) bond motifs is 2. The molecule has 0 amide bonds. The van der Waals surface area contributed by atoms with Crippen LogP contribution in [-0.4, -0.2) is 59.7 Å². The number of benzene rings is 1. The molecule has 3 rings (SSSR count). The lowest BCUT2D eigenvalue weighted by atomic mass is 9.81. The van der Waals surface area contributed by atoms with Gasteiger partial charge in [-0.15, -0.1) is 24.0 Å². The van der Waals surface area contributed by atoms with E-state index in [1.807, 2.05) is 0 Å². The highest BCUT2D eigenvalue weighted by Crippen LogP contribution is 2.50. The van der Waals surface area contributed by atoms with E-state index in [1.54, 1.807) is 7.05 Å². The lowest BCUT2D eigenvalue weighted by molar-refractivity contribution is 0.154. The Morgan fingerprint density at radius 2 is 1.96 bits per heavy atom. The summed E-state index contributed by atoms with van der Waals surface area (Å²) < 4.78 is 27.6. The molecule has 2 aliphatic rings. The topological polar surface area (TPSA) is 71.0 Å². The first-order valence-electron chi connectivity index (χ1n) is 9.28. The summed E-state index contributed by atoms with van der Waals surface area (Å²) >= 11 is 0. The number of ether oxygens (including phenoxy) is 1. The monoisotopic (exact) mass is 507 g/mol. The zero-order chi connectivity index (χ0) is 18.6. The molecule has 0 radical (unpaired) electrons. The first-order valence-corrected chi connectivity index (χ1v) is 11.3. The summed E-state index contributed by atoms with van der Waals surface area (Å²) in [6.45, 7) is 2.26. The molecule has 1 aromatic carbocycles. The van der Waals surface area contributed by atoms with Crippen molar-refractivity contribution in [3.8, 4) is 0 Å². The van der Waals surface area contributed by atoms with E-state index in [2.05, 4.69) is 39.5 Å². The van der Waals surface area contributed by atoms with Crippen molar-refractivity contribution in [2.24, 2.45) is 4.99 Å². The standard InChI is InChI=1S/C19H29N3O3S.HI/c1-20-18(21-11-12-25-13-14-26(2,23)24)22-15-19(9-5-6-10-19)16-7-3-4-8-17(16)22;/h3-4,7-8H,5-6,9-15H2,1-2H3,(H,20,21);1H. The van der Waals surface area contributed by atoms with E-state index in [1.165, 1.54) is 43.2 Å². The normalized spacial score (nSPS) is 18.4. The van der Waals surface area contributed by atoms with Crippen LogP contribution in [0.1, 0.15) is 31.2 Å². The molecule has 0 atom stereocenters. The molecule has 27 heavy (non-hydrogen) atoms. The minimum atomic E-state index is -2.97. The molecule has 8 heteroatoms. The van der Waals surface area contributed by atoms with Gasteiger partial charge < -0.3 is 15.0 Å². The fraction of sp³-hybridized carbons (Fsp3) is 0.632. The molecule has 1 aromatic rings. The van der Waals surface area contributed by atoms with Crippen LogP contribution < -0.4 is 10.2 Å². The van der Waals surface area contributed by atoms with Crippen LogP contribution in [0.15, 0.2) is 29.3 Å². The number of guanidine groups is 1. The number of hydrogen-bond donors (Lipinski definition) is 1. The maximum atomic E-state index is 11.1. The van der Waals surface area contributed by atoms with Gasteiger partial charge in [0, 0.05) is 37.5 Å². The Bertz CT molecular complexity index is 761. The molecule has 152 valence electrons. The number of nitrogens with one attached hydrogen (secondary N) is 1. The number of rotatable bonds is 6. The van der Waals surface area contributed by atoms with E-state index in [0.29, 0.717) is 13.2 Å². The minimum absolute atomic E-state index is 0. The predicted octanol–water partition coefficient (Wildman–Crippen LogP) is 2.57. The van der Waals surface area contributed by atoms with Crippen LogP contribution >= 0.6 is 24.0 Å². The Morgan fingerprint density at radius 3 is 2.63 bits per heavy atom. The Kier molecular flexibility index (Phi) is 7.94. The van der Waals surface area contributed by atoms with Gasteiger partial charge in [-0.25, -0.2) is 8.42 Å². The molecule has 1 aliphatic carbocycles. The first-order chi connectivity index (χ1) is 12.5. The summed E-state index contributed by atoms with van der Waals surface area (Å²) in [6.07, 6.45) is 6.29. The van der Waals surface area contributed by atoms with E-state index < -0.39 is 9.84 Å². The van der Waals surface area contributed by atoms with Crippen molar-refractivity contribution < 1.29 is 13.2 Å². The highest BCUT2D eigenvalue weighted by Gasteiger charge is 2.45. The first kappa shape index (κ1) is 22.4. The van der Waals surface area contributed by atoms with Crippen LogP contribution in [-0.2, 0) is 20.0 Å². The summed E-state index contributed by atoms with van der Waals surface area (Å²) in [5.74, 6) is 0.914. The maximum Gasteiger partial charge on any atom is 0.198 e. The second-order valence-electron chi connectivity index (χ2n) is 7.31. The van der Waals surface area contributed by atoms with Gasteiger partial charge in [0.1, 0.15) is 9.84 Å². The fourth-order valence-corrected chi connectivity index (χ4v) is 4.56. The fourth-order valence-electron chi connectivity index (χ4n) is 4.14. The summed E-state index contributed by atoms with van der Waals surface area (Å²) in [7, 11) is -1.17. The average Bonchev–Trinajstić information content (AvgIpc) is 3.20. The summed E-state index contributed by atoms with van der Waals surface area (Å²) in [5.41, 5.74) is 2.96. The number of anilines is 1. The lowest BCUT2D eigenvalue weighted by Crippen LogP contribution is -2.44.